The molecule has 0 saturated carbocycles. The lowest BCUT2D eigenvalue weighted by atomic mass is 10.1. The van der Waals surface area contributed by atoms with Crippen molar-refractivity contribution < 1.29 is 4.74 Å². The Morgan fingerprint density at radius 3 is 2.32 bits per heavy atom. The van der Waals surface area contributed by atoms with Crippen LogP contribution in [0, 0.1) is 5.92 Å². The first-order valence-electron chi connectivity index (χ1n) is 6.67. The van der Waals surface area contributed by atoms with Crippen molar-refractivity contribution in [3.05, 3.63) is 35.4 Å². The summed E-state index contributed by atoms with van der Waals surface area (Å²) in [6.45, 7) is 6.70. The molecule has 0 unspecified atom stereocenters. The lowest BCUT2D eigenvalue weighted by Crippen LogP contribution is -2.38. The molecule has 0 aliphatic rings. The third-order valence-electron chi connectivity index (χ3n) is 2.70. The van der Waals surface area contributed by atoms with Gasteiger partial charge in [0, 0.05) is 27.2 Å². The summed E-state index contributed by atoms with van der Waals surface area (Å²) in [4.78, 5) is 4.20. The smallest absolute Gasteiger partial charge is 0.191 e. The van der Waals surface area contributed by atoms with Crippen LogP contribution in [0.1, 0.15) is 25.0 Å². The molecule has 4 heteroatoms. The van der Waals surface area contributed by atoms with Crippen molar-refractivity contribution in [1.82, 2.24) is 10.6 Å². The fourth-order valence-electron chi connectivity index (χ4n) is 1.63. The van der Waals surface area contributed by atoms with Gasteiger partial charge in [-0.1, -0.05) is 38.1 Å². The minimum absolute atomic E-state index is 0.604. The highest BCUT2D eigenvalue weighted by Gasteiger charge is 2.00. The fraction of sp³-hybridized carbons (Fsp3) is 0.533. The number of guanidine groups is 1. The predicted octanol–water partition coefficient (Wildman–Crippen LogP) is 2.15. The Balaban J connectivity index is 2.42. The first kappa shape index (κ1) is 15.5. The Labute approximate surface area is 116 Å². The van der Waals surface area contributed by atoms with Gasteiger partial charge in [0.1, 0.15) is 0 Å². The molecule has 0 bridgehead atoms. The zero-order chi connectivity index (χ0) is 14.1. The van der Waals surface area contributed by atoms with Crippen molar-refractivity contribution in [2.45, 2.75) is 27.0 Å². The highest BCUT2D eigenvalue weighted by atomic mass is 16.5. The SMILES string of the molecule is CN=C(NCc1ccc(COC)cc1)NCC(C)C. The van der Waals surface area contributed by atoms with Crippen molar-refractivity contribution >= 4 is 5.96 Å². The van der Waals surface area contributed by atoms with Crippen LogP contribution in [0.3, 0.4) is 0 Å². The van der Waals surface area contributed by atoms with Gasteiger partial charge in [0.05, 0.1) is 6.61 Å². The van der Waals surface area contributed by atoms with E-state index in [1.165, 1.54) is 11.1 Å². The van der Waals surface area contributed by atoms with Gasteiger partial charge in [0.25, 0.3) is 0 Å². The van der Waals surface area contributed by atoms with Gasteiger partial charge in [-0.3, -0.25) is 4.99 Å². The Kier molecular flexibility index (Phi) is 6.97. The first-order valence-corrected chi connectivity index (χ1v) is 6.67. The van der Waals surface area contributed by atoms with Crippen LogP contribution >= 0.6 is 0 Å². The number of benzene rings is 1. The molecule has 0 aliphatic heterocycles. The molecular formula is C15H25N3O. The normalized spacial score (nSPS) is 11.7. The number of aliphatic imine (C=N–C) groups is 1. The van der Waals surface area contributed by atoms with Gasteiger partial charge >= 0.3 is 0 Å². The maximum atomic E-state index is 5.09. The summed E-state index contributed by atoms with van der Waals surface area (Å²) in [6, 6.07) is 8.39. The van der Waals surface area contributed by atoms with E-state index in [1.54, 1.807) is 14.2 Å². The summed E-state index contributed by atoms with van der Waals surface area (Å²) in [5, 5.41) is 6.59. The van der Waals surface area contributed by atoms with Gasteiger partial charge in [-0.2, -0.15) is 0 Å². The number of methoxy groups -OCH3 is 1. The number of hydrogen-bond donors (Lipinski definition) is 2. The summed E-state index contributed by atoms with van der Waals surface area (Å²) in [7, 11) is 3.50. The molecule has 1 aromatic carbocycles. The second-order valence-electron chi connectivity index (χ2n) is 4.95. The van der Waals surface area contributed by atoms with Gasteiger partial charge in [-0.25, -0.2) is 0 Å². The summed E-state index contributed by atoms with van der Waals surface area (Å²) in [6.07, 6.45) is 0. The van der Waals surface area contributed by atoms with Crippen molar-refractivity contribution in [3.63, 3.8) is 0 Å². The molecule has 0 atom stereocenters. The topological polar surface area (TPSA) is 45.7 Å². The van der Waals surface area contributed by atoms with Crippen LogP contribution in [0.5, 0.6) is 0 Å². The van der Waals surface area contributed by atoms with Crippen molar-refractivity contribution in [1.29, 1.82) is 0 Å². The molecule has 0 spiro atoms. The van der Waals surface area contributed by atoms with Gasteiger partial charge in [-0.05, 0) is 17.0 Å². The van der Waals surface area contributed by atoms with E-state index < -0.39 is 0 Å². The van der Waals surface area contributed by atoms with Crippen LogP contribution in [0.15, 0.2) is 29.3 Å². The second kappa shape index (κ2) is 8.53. The number of ether oxygens (including phenoxy) is 1. The van der Waals surface area contributed by atoms with Crippen molar-refractivity contribution in [2.24, 2.45) is 10.9 Å². The van der Waals surface area contributed by atoms with Crippen LogP contribution in [-0.2, 0) is 17.9 Å². The van der Waals surface area contributed by atoms with Crippen LogP contribution in [-0.4, -0.2) is 26.7 Å². The molecule has 0 aromatic heterocycles. The standard InChI is InChI=1S/C15H25N3O/c1-12(2)9-17-15(16-3)18-10-13-5-7-14(8-6-13)11-19-4/h5-8,12H,9-11H2,1-4H3,(H2,16,17,18). The van der Waals surface area contributed by atoms with E-state index in [0.29, 0.717) is 12.5 Å². The van der Waals surface area contributed by atoms with E-state index in [9.17, 15) is 0 Å². The molecule has 1 aromatic rings. The summed E-state index contributed by atoms with van der Waals surface area (Å²) in [5.41, 5.74) is 2.42. The van der Waals surface area contributed by atoms with Gasteiger partial charge in [-0.15, -0.1) is 0 Å². The quantitative estimate of drug-likeness (QED) is 0.610. The van der Waals surface area contributed by atoms with E-state index in [0.717, 1.165) is 19.0 Å². The highest BCUT2D eigenvalue weighted by molar-refractivity contribution is 5.79. The van der Waals surface area contributed by atoms with Crippen LogP contribution in [0.4, 0.5) is 0 Å². The van der Waals surface area contributed by atoms with E-state index in [4.69, 9.17) is 4.74 Å². The minimum Gasteiger partial charge on any atom is -0.380 e. The van der Waals surface area contributed by atoms with Crippen LogP contribution < -0.4 is 10.6 Å². The molecule has 0 saturated heterocycles. The number of hydrogen-bond acceptors (Lipinski definition) is 2. The molecular weight excluding hydrogens is 238 g/mol. The largest absolute Gasteiger partial charge is 0.380 e. The first-order chi connectivity index (χ1) is 9.15. The van der Waals surface area contributed by atoms with Crippen LogP contribution in [0.2, 0.25) is 0 Å². The zero-order valence-electron chi connectivity index (χ0n) is 12.4. The predicted molar refractivity (Wildman–Crippen MR) is 80.2 cm³/mol. The Morgan fingerprint density at radius 2 is 1.79 bits per heavy atom. The van der Waals surface area contributed by atoms with Crippen molar-refractivity contribution in [2.75, 3.05) is 20.7 Å². The maximum Gasteiger partial charge on any atom is 0.191 e. The number of nitrogens with one attached hydrogen (secondary N) is 2. The molecule has 0 fully saturated rings. The summed E-state index contributed by atoms with van der Waals surface area (Å²) >= 11 is 0. The molecule has 0 radical (unpaired) electrons. The summed E-state index contributed by atoms with van der Waals surface area (Å²) in [5.74, 6) is 1.45. The zero-order valence-corrected chi connectivity index (χ0v) is 12.4. The third-order valence-corrected chi connectivity index (χ3v) is 2.70. The molecule has 106 valence electrons. The Hall–Kier alpha value is -1.55. The average molecular weight is 263 g/mol. The molecule has 0 aliphatic carbocycles. The molecule has 4 nitrogen and oxygen atoms in total. The Morgan fingerprint density at radius 1 is 1.16 bits per heavy atom. The number of nitrogens with zero attached hydrogens (tertiary/aromatic N) is 1. The lowest BCUT2D eigenvalue weighted by molar-refractivity contribution is 0.185. The van der Waals surface area contributed by atoms with E-state index >= 15 is 0 Å². The van der Waals surface area contributed by atoms with Crippen LogP contribution in [0.25, 0.3) is 0 Å². The lowest BCUT2D eigenvalue weighted by Gasteiger charge is -2.13. The third kappa shape index (κ3) is 6.25. The molecule has 19 heavy (non-hydrogen) atoms. The second-order valence-corrected chi connectivity index (χ2v) is 4.95. The van der Waals surface area contributed by atoms with E-state index in [1.807, 2.05) is 0 Å². The average Bonchev–Trinajstić information content (AvgIpc) is 2.41. The van der Waals surface area contributed by atoms with Gasteiger partial charge in [0.2, 0.25) is 0 Å². The monoisotopic (exact) mass is 263 g/mol. The minimum atomic E-state index is 0.604. The van der Waals surface area contributed by atoms with E-state index in [-0.39, 0.29) is 0 Å². The van der Waals surface area contributed by atoms with Crippen molar-refractivity contribution in [3.8, 4) is 0 Å². The summed E-state index contributed by atoms with van der Waals surface area (Å²) < 4.78 is 5.09. The maximum absolute atomic E-state index is 5.09. The molecule has 1 rings (SSSR count). The Bertz CT molecular complexity index is 385. The molecule has 0 amide bonds. The van der Waals surface area contributed by atoms with Gasteiger partial charge < -0.3 is 15.4 Å². The molecule has 2 N–H and O–H groups in total. The molecule has 0 heterocycles. The highest BCUT2D eigenvalue weighted by Crippen LogP contribution is 2.05. The van der Waals surface area contributed by atoms with Gasteiger partial charge in [0.15, 0.2) is 5.96 Å². The van der Waals surface area contributed by atoms with E-state index in [2.05, 4.69) is 53.7 Å². The fourth-order valence-corrected chi connectivity index (χ4v) is 1.63. The number of rotatable bonds is 6.